The fourth-order valence-corrected chi connectivity index (χ4v) is 3.06. The summed E-state index contributed by atoms with van der Waals surface area (Å²) in [6, 6.07) is 10.00. The lowest BCUT2D eigenvalue weighted by Gasteiger charge is -2.07. The van der Waals surface area contributed by atoms with E-state index in [0.29, 0.717) is 0 Å². The molecule has 0 saturated carbocycles. The molecule has 1 aliphatic heterocycles. The highest BCUT2D eigenvalue weighted by atomic mass is 32.1. The number of rotatable bonds is 1. The van der Waals surface area contributed by atoms with Crippen molar-refractivity contribution in [1.82, 2.24) is 0 Å². The van der Waals surface area contributed by atoms with Crippen molar-refractivity contribution in [3.63, 3.8) is 0 Å². The van der Waals surface area contributed by atoms with Crippen molar-refractivity contribution in [1.29, 1.82) is 0 Å². The number of hydrogen-bond donors (Lipinski definition) is 0. The zero-order chi connectivity index (χ0) is 12.7. The number of para-hydroxylation sites is 1. The van der Waals surface area contributed by atoms with Crippen molar-refractivity contribution in [3.05, 3.63) is 51.7 Å². The molecule has 3 heteroatoms. The van der Waals surface area contributed by atoms with E-state index >= 15 is 0 Å². The minimum Gasteiger partial charge on any atom is -0.311 e. The number of fused-ring (bicyclic) bond motifs is 1. The molecule has 1 amide bonds. The summed E-state index contributed by atoms with van der Waals surface area (Å²) in [4.78, 5) is 15.1. The lowest BCUT2D eigenvalue weighted by Crippen LogP contribution is -2.20. The summed E-state index contributed by atoms with van der Waals surface area (Å²) >= 11 is 1.67. The van der Waals surface area contributed by atoms with Gasteiger partial charge in [-0.05, 0) is 36.1 Å². The molecule has 1 aliphatic rings. The van der Waals surface area contributed by atoms with Gasteiger partial charge in [-0.3, -0.25) is 4.79 Å². The second-order valence-corrected chi connectivity index (χ2v) is 5.35. The van der Waals surface area contributed by atoms with Gasteiger partial charge in [0.15, 0.2) is 0 Å². The molecule has 18 heavy (non-hydrogen) atoms. The van der Waals surface area contributed by atoms with Crippen LogP contribution in [0.4, 0.5) is 5.69 Å². The van der Waals surface area contributed by atoms with E-state index < -0.39 is 0 Å². The minimum absolute atomic E-state index is 0.0731. The Morgan fingerprint density at radius 3 is 2.72 bits per heavy atom. The summed E-state index contributed by atoms with van der Waals surface area (Å²) < 4.78 is 0. The molecular formula is C15H13NOS. The standard InChI is InChI=1S/C15H13NOS/c1-10-7-8-18-14(10)9-12-11-5-3-4-6-13(11)16(2)15(12)17/h3-9H,1-2H3/b12-9+. The van der Waals surface area contributed by atoms with Crippen molar-refractivity contribution in [2.45, 2.75) is 6.92 Å². The van der Waals surface area contributed by atoms with E-state index in [1.54, 1.807) is 16.2 Å². The van der Waals surface area contributed by atoms with Crippen LogP contribution in [0.3, 0.4) is 0 Å². The molecule has 2 heterocycles. The van der Waals surface area contributed by atoms with Crippen LogP contribution in [-0.2, 0) is 4.79 Å². The second kappa shape index (κ2) is 4.10. The smallest absolute Gasteiger partial charge is 0.258 e. The van der Waals surface area contributed by atoms with Crippen LogP contribution in [0.15, 0.2) is 35.7 Å². The average molecular weight is 255 g/mol. The Kier molecular flexibility index (Phi) is 2.56. The average Bonchev–Trinajstić information content (AvgIpc) is 2.88. The first-order valence-electron chi connectivity index (χ1n) is 5.82. The number of benzene rings is 1. The summed E-state index contributed by atoms with van der Waals surface area (Å²) in [5.74, 6) is 0.0731. The van der Waals surface area contributed by atoms with E-state index in [1.165, 1.54) is 5.56 Å². The molecule has 0 radical (unpaired) electrons. The zero-order valence-electron chi connectivity index (χ0n) is 10.3. The first kappa shape index (κ1) is 11.2. The Hall–Kier alpha value is -1.87. The Balaban J connectivity index is 2.17. The van der Waals surface area contributed by atoms with Crippen LogP contribution in [-0.4, -0.2) is 13.0 Å². The van der Waals surface area contributed by atoms with Gasteiger partial charge in [-0.2, -0.15) is 0 Å². The Bertz CT molecular complexity index is 654. The molecule has 0 saturated heterocycles. The minimum atomic E-state index is 0.0731. The summed E-state index contributed by atoms with van der Waals surface area (Å²) in [7, 11) is 1.82. The molecule has 0 unspecified atom stereocenters. The van der Waals surface area contributed by atoms with Crippen LogP contribution in [0.1, 0.15) is 16.0 Å². The van der Waals surface area contributed by atoms with Gasteiger partial charge in [0, 0.05) is 17.5 Å². The summed E-state index contributed by atoms with van der Waals surface area (Å²) in [5, 5.41) is 2.05. The number of hydrogen-bond acceptors (Lipinski definition) is 2. The van der Waals surface area contributed by atoms with Gasteiger partial charge in [-0.25, -0.2) is 0 Å². The van der Waals surface area contributed by atoms with E-state index in [9.17, 15) is 4.79 Å². The lowest BCUT2D eigenvalue weighted by molar-refractivity contribution is -0.112. The van der Waals surface area contributed by atoms with E-state index in [-0.39, 0.29) is 5.91 Å². The van der Waals surface area contributed by atoms with E-state index in [2.05, 4.69) is 18.4 Å². The fourth-order valence-electron chi connectivity index (χ4n) is 2.20. The van der Waals surface area contributed by atoms with Crippen LogP contribution in [0.2, 0.25) is 0 Å². The Labute approximate surface area is 110 Å². The van der Waals surface area contributed by atoms with Crippen LogP contribution < -0.4 is 4.90 Å². The van der Waals surface area contributed by atoms with E-state index in [4.69, 9.17) is 0 Å². The molecule has 1 aromatic heterocycles. The van der Waals surface area contributed by atoms with Gasteiger partial charge in [0.25, 0.3) is 5.91 Å². The molecule has 0 spiro atoms. The number of thiophene rings is 1. The molecule has 3 rings (SSSR count). The first-order valence-corrected chi connectivity index (χ1v) is 6.69. The second-order valence-electron chi connectivity index (χ2n) is 4.41. The molecule has 90 valence electrons. The highest BCUT2D eigenvalue weighted by Crippen LogP contribution is 2.37. The van der Waals surface area contributed by atoms with Gasteiger partial charge in [0.2, 0.25) is 0 Å². The molecule has 0 bridgehead atoms. The number of carbonyl (C=O) groups is 1. The number of carbonyl (C=O) groups excluding carboxylic acids is 1. The van der Waals surface area contributed by atoms with Crippen molar-refractivity contribution in [2.75, 3.05) is 11.9 Å². The Morgan fingerprint density at radius 2 is 2.00 bits per heavy atom. The maximum absolute atomic E-state index is 12.3. The highest BCUT2D eigenvalue weighted by molar-refractivity contribution is 7.11. The van der Waals surface area contributed by atoms with Gasteiger partial charge in [0.1, 0.15) is 0 Å². The maximum Gasteiger partial charge on any atom is 0.258 e. The third-order valence-corrected chi connectivity index (χ3v) is 4.23. The van der Waals surface area contributed by atoms with Crippen molar-refractivity contribution < 1.29 is 4.79 Å². The van der Waals surface area contributed by atoms with Gasteiger partial charge < -0.3 is 4.90 Å². The number of amides is 1. The van der Waals surface area contributed by atoms with Crippen molar-refractivity contribution >= 4 is 34.6 Å². The fraction of sp³-hybridized carbons (Fsp3) is 0.133. The normalized spacial score (nSPS) is 16.4. The third kappa shape index (κ3) is 1.59. The molecule has 0 atom stereocenters. The topological polar surface area (TPSA) is 20.3 Å². The number of aryl methyl sites for hydroxylation is 1. The molecular weight excluding hydrogens is 242 g/mol. The van der Waals surface area contributed by atoms with Crippen LogP contribution in [0.25, 0.3) is 11.6 Å². The molecule has 0 fully saturated rings. The molecule has 2 nitrogen and oxygen atoms in total. The highest BCUT2D eigenvalue weighted by Gasteiger charge is 2.29. The summed E-state index contributed by atoms with van der Waals surface area (Å²) in [5.41, 5.74) is 4.02. The number of nitrogens with zero attached hydrogens (tertiary/aromatic N) is 1. The van der Waals surface area contributed by atoms with Gasteiger partial charge in [-0.15, -0.1) is 11.3 Å². The Morgan fingerprint density at radius 1 is 1.22 bits per heavy atom. The first-order chi connectivity index (χ1) is 8.68. The summed E-state index contributed by atoms with van der Waals surface area (Å²) in [6.45, 7) is 2.07. The van der Waals surface area contributed by atoms with Crippen molar-refractivity contribution in [3.8, 4) is 0 Å². The third-order valence-electron chi connectivity index (χ3n) is 3.27. The molecule has 1 aromatic carbocycles. The molecule has 0 aliphatic carbocycles. The zero-order valence-corrected chi connectivity index (χ0v) is 11.1. The quantitative estimate of drug-likeness (QED) is 0.713. The van der Waals surface area contributed by atoms with E-state index in [1.807, 2.05) is 37.4 Å². The predicted molar refractivity (Wildman–Crippen MR) is 76.8 cm³/mol. The van der Waals surface area contributed by atoms with E-state index in [0.717, 1.165) is 21.7 Å². The SMILES string of the molecule is Cc1ccsc1/C=C1/C(=O)N(C)c2ccccc21. The van der Waals surface area contributed by atoms with Crippen LogP contribution >= 0.6 is 11.3 Å². The van der Waals surface area contributed by atoms with Gasteiger partial charge in [-0.1, -0.05) is 18.2 Å². The van der Waals surface area contributed by atoms with Gasteiger partial charge in [0.05, 0.1) is 11.3 Å². The summed E-state index contributed by atoms with van der Waals surface area (Å²) in [6.07, 6.45) is 2.00. The number of likely N-dealkylation sites (N-methyl/N-ethyl adjacent to an activating group) is 1. The lowest BCUT2D eigenvalue weighted by atomic mass is 10.1. The monoisotopic (exact) mass is 255 g/mol. The van der Waals surface area contributed by atoms with Crippen molar-refractivity contribution in [2.24, 2.45) is 0 Å². The molecule has 2 aromatic rings. The maximum atomic E-state index is 12.3. The van der Waals surface area contributed by atoms with Crippen LogP contribution in [0, 0.1) is 6.92 Å². The van der Waals surface area contributed by atoms with Crippen LogP contribution in [0.5, 0.6) is 0 Å². The van der Waals surface area contributed by atoms with Gasteiger partial charge >= 0.3 is 0 Å². The molecule has 0 N–H and O–H groups in total. The predicted octanol–water partition coefficient (Wildman–Crippen LogP) is 3.57. The largest absolute Gasteiger partial charge is 0.311 e. The number of anilines is 1.